The van der Waals surface area contributed by atoms with E-state index in [-0.39, 0.29) is 24.3 Å². The summed E-state index contributed by atoms with van der Waals surface area (Å²) in [4.78, 5) is 38.6. The Hall–Kier alpha value is -3.13. The monoisotopic (exact) mass is 461 g/mol. The van der Waals surface area contributed by atoms with Crippen LogP contribution in [-0.2, 0) is 9.59 Å². The minimum atomic E-state index is -0.523. The van der Waals surface area contributed by atoms with Crippen molar-refractivity contribution >= 4 is 29.3 Å². The van der Waals surface area contributed by atoms with E-state index in [4.69, 9.17) is 16.3 Å². The van der Waals surface area contributed by atoms with Gasteiger partial charge in [-0.1, -0.05) is 11.6 Å². The van der Waals surface area contributed by atoms with E-state index in [1.165, 1.54) is 24.3 Å². The maximum atomic E-state index is 12.9. The highest BCUT2D eigenvalue weighted by molar-refractivity contribution is 6.30. The summed E-state index contributed by atoms with van der Waals surface area (Å²) in [7, 11) is 0. The van der Waals surface area contributed by atoms with E-state index in [0.29, 0.717) is 48.8 Å². The van der Waals surface area contributed by atoms with E-state index in [1.54, 1.807) is 29.2 Å². The van der Waals surface area contributed by atoms with Gasteiger partial charge in [-0.15, -0.1) is 0 Å². The van der Waals surface area contributed by atoms with E-state index in [1.807, 2.05) is 0 Å². The summed E-state index contributed by atoms with van der Waals surface area (Å²) < 4.78 is 18.4. The van der Waals surface area contributed by atoms with Crippen molar-refractivity contribution in [3.05, 3.63) is 64.9 Å². The third-order valence-corrected chi connectivity index (χ3v) is 5.35. The molecular formula is C23H25ClFN3O4. The van der Waals surface area contributed by atoms with Gasteiger partial charge in [-0.3, -0.25) is 14.4 Å². The Morgan fingerprint density at radius 2 is 1.72 bits per heavy atom. The van der Waals surface area contributed by atoms with E-state index in [9.17, 15) is 18.8 Å². The van der Waals surface area contributed by atoms with Crippen molar-refractivity contribution in [1.29, 1.82) is 0 Å². The molecule has 2 N–H and O–H groups in total. The molecule has 0 radical (unpaired) electrons. The van der Waals surface area contributed by atoms with Crippen molar-refractivity contribution in [2.45, 2.75) is 25.3 Å². The van der Waals surface area contributed by atoms with E-state index in [0.717, 1.165) is 6.42 Å². The average molecular weight is 462 g/mol. The van der Waals surface area contributed by atoms with Crippen molar-refractivity contribution in [3.63, 3.8) is 0 Å². The second-order valence-electron chi connectivity index (χ2n) is 7.40. The molecule has 170 valence electrons. The van der Waals surface area contributed by atoms with Crippen LogP contribution in [0.4, 0.5) is 4.39 Å². The van der Waals surface area contributed by atoms with E-state index < -0.39 is 11.9 Å². The van der Waals surface area contributed by atoms with Gasteiger partial charge >= 0.3 is 0 Å². The van der Waals surface area contributed by atoms with Crippen LogP contribution in [0.25, 0.3) is 0 Å². The molecule has 0 bridgehead atoms. The number of rotatable bonds is 9. The standard InChI is InChI=1S/C23H25ClFN3O4/c24-17-6-10-19(11-7-17)32-15-21(29)28-14-1-3-20(28)23(31)27-13-2-12-26-22(30)16-4-8-18(25)9-5-16/h4-11,20H,1-3,12-15H2,(H,26,30)(H,27,31)/t20-/m0/s1. The summed E-state index contributed by atoms with van der Waals surface area (Å²) in [5.41, 5.74) is 0.372. The number of nitrogens with zero attached hydrogens (tertiary/aromatic N) is 1. The Morgan fingerprint density at radius 3 is 2.44 bits per heavy atom. The van der Waals surface area contributed by atoms with Gasteiger partial charge in [-0.2, -0.15) is 0 Å². The summed E-state index contributed by atoms with van der Waals surface area (Å²) in [5, 5.41) is 6.12. The number of halogens is 2. The van der Waals surface area contributed by atoms with Crippen molar-refractivity contribution in [2.75, 3.05) is 26.2 Å². The molecule has 0 aliphatic carbocycles. The van der Waals surface area contributed by atoms with Crippen LogP contribution in [0, 0.1) is 5.82 Å². The molecule has 2 aromatic rings. The van der Waals surface area contributed by atoms with Gasteiger partial charge in [0.1, 0.15) is 17.6 Å². The van der Waals surface area contributed by atoms with Gasteiger partial charge in [0, 0.05) is 30.2 Å². The Balaban J connectivity index is 1.37. The molecular weight excluding hydrogens is 437 g/mol. The quantitative estimate of drug-likeness (QED) is 0.562. The van der Waals surface area contributed by atoms with Gasteiger partial charge in [0.05, 0.1) is 0 Å². The number of carbonyl (C=O) groups excluding carboxylic acids is 3. The zero-order valence-electron chi connectivity index (χ0n) is 17.5. The summed E-state index contributed by atoms with van der Waals surface area (Å²) >= 11 is 5.83. The maximum absolute atomic E-state index is 12.9. The number of amides is 3. The third-order valence-electron chi connectivity index (χ3n) is 5.10. The number of hydrogen-bond acceptors (Lipinski definition) is 4. The van der Waals surface area contributed by atoms with Crippen LogP contribution in [0.2, 0.25) is 5.02 Å². The molecule has 32 heavy (non-hydrogen) atoms. The number of benzene rings is 2. The Morgan fingerprint density at radius 1 is 1.03 bits per heavy atom. The molecule has 3 rings (SSSR count). The van der Waals surface area contributed by atoms with Crippen molar-refractivity contribution < 1.29 is 23.5 Å². The molecule has 0 spiro atoms. The van der Waals surface area contributed by atoms with E-state index >= 15 is 0 Å². The Bertz CT molecular complexity index is 937. The highest BCUT2D eigenvalue weighted by atomic mass is 35.5. The zero-order chi connectivity index (χ0) is 22.9. The number of likely N-dealkylation sites (tertiary alicyclic amines) is 1. The SMILES string of the molecule is O=C(NCCCNC(=O)[C@@H]1CCCN1C(=O)COc1ccc(Cl)cc1)c1ccc(F)cc1. The van der Waals surface area contributed by atoms with Crippen molar-refractivity contribution in [3.8, 4) is 5.75 Å². The second-order valence-corrected chi connectivity index (χ2v) is 7.83. The molecule has 1 heterocycles. The first-order valence-corrected chi connectivity index (χ1v) is 10.8. The molecule has 1 saturated heterocycles. The minimum Gasteiger partial charge on any atom is -0.484 e. The number of nitrogens with one attached hydrogen (secondary N) is 2. The van der Waals surface area contributed by atoms with Crippen LogP contribution in [-0.4, -0.2) is 54.9 Å². The van der Waals surface area contributed by atoms with Gasteiger partial charge in [0.2, 0.25) is 5.91 Å². The predicted octanol–water partition coefficient (Wildman–Crippen LogP) is 2.79. The summed E-state index contributed by atoms with van der Waals surface area (Å²) in [5.74, 6) is -0.633. The summed E-state index contributed by atoms with van der Waals surface area (Å²) in [6, 6.07) is 11.5. The normalized spacial score (nSPS) is 15.3. The smallest absolute Gasteiger partial charge is 0.261 e. The lowest BCUT2D eigenvalue weighted by atomic mass is 10.2. The topological polar surface area (TPSA) is 87.7 Å². The van der Waals surface area contributed by atoms with Crippen LogP contribution in [0.3, 0.4) is 0 Å². The predicted molar refractivity (Wildman–Crippen MR) is 118 cm³/mol. The largest absolute Gasteiger partial charge is 0.484 e. The van der Waals surface area contributed by atoms with Crippen LogP contribution in [0.5, 0.6) is 5.75 Å². The number of carbonyl (C=O) groups is 3. The summed E-state index contributed by atoms with van der Waals surface area (Å²) in [6.45, 7) is 1.08. The minimum absolute atomic E-state index is 0.152. The first-order chi connectivity index (χ1) is 15.4. The summed E-state index contributed by atoms with van der Waals surface area (Å²) in [6.07, 6.45) is 1.87. The Kier molecular flexibility index (Phi) is 8.44. The third kappa shape index (κ3) is 6.68. The highest BCUT2D eigenvalue weighted by Crippen LogP contribution is 2.19. The van der Waals surface area contributed by atoms with Crippen LogP contribution in [0.15, 0.2) is 48.5 Å². The van der Waals surface area contributed by atoms with Gasteiger partial charge in [-0.05, 0) is 67.8 Å². The van der Waals surface area contributed by atoms with Gasteiger partial charge in [-0.25, -0.2) is 4.39 Å². The van der Waals surface area contributed by atoms with Crippen molar-refractivity contribution in [2.24, 2.45) is 0 Å². The molecule has 1 atom stereocenters. The molecule has 3 amide bonds. The number of hydrogen-bond donors (Lipinski definition) is 2. The lowest BCUT2D eigenvalue weighted by molar-refractivity contribution is -0.139. The second kappa shape index (κ2) is 11.5. The van der Waals surface area contributed by atoms with Crippen LogP contribution in [0.1, 0.15) is 29.6 Å². The highest BCUT2D eigenvalue weighted by Gasteiger charge is 2.33. The fraction of sp³-hybridized carbons (Fsp3) is 0.348. The molecule has 1 aliphatic rings. The lowest BCUT2D eigenvalue weighted by Crippen LogP contribution is -2.47. The van der Waals surface area contributed by atoms with Gasteiger partial charge in [0.15, 0.2) is 6.61 Å². The van der Waals surface area contributed by atoms with Crippen LogP contribution < -0.4 is 15.4 Å². The maximum Gasteiger partial charge on any atom is 0.261 e. The van der Waals surface area contributed by atoms with E-state index in [2.05, 4.69) is 10.6 Å². The molecule has 2 aromatic carbocycles. The molecule has 1 aliphatic heterocycles. The lowest BCUT2D eigenvalue weighted by Gasteiger charge is -2.24. The molecule has 0 aromatic heterocycles. The van der Waals surface area contributed by atoms with Gasteiger partial charge in [0.25, 0.3) is 11.8 Å². The molecule has 7 nitrogen and oxygen atoms in total. The average Bonchev–Trinajstić information content (AvgIpc) is 3.29. The molecule has 0 unspecified atom stereocenters. The Labute approximate surface area is 190 Å². The van der Waals surface area contributed by atoms with Gasteiger partial charge < -0.3 is 20.3 Å². The molecule has 9 heteroatoms. The first kappa shape index (κ1) is 23.5. The zero-order valence-corrected chi connectivity index (χ0v) is 18.2. The number of ether oxygens (including phenoxy) is 1. The first-order valence-electron chi connectivity index (χ1n) is 10.4. The van der Waals surface area contributed by atoms with Crippen molar-refractivity contribution in [1.82, 2.24) is 15.5 Å². The fourth-order valence-electron chi connectivity index (χ4n) is 3.42. The van der Waals surface area contributed by atoms with Crippen LogP contribution >= 0.6 is 11.6 Å². The fourth-order valence-corrected chi connectivity index (χ4v) is 3.55. The molecule has 1 fully saturated rings. The molecule has 0 saturated carbocycles.